The van der Waals surface area contributed by atoms with Crippen LogP contribution in [0.2, 0.25) is 5.02 Å². The number of fused-ring (bicyclic) bond motifs is 1. The van der Waals surface area contributed by atoms with Gasteiger partial charge in [0.2, 0.25) is 0 Å². The van der Waals surface area contributed by atoms with Crippen LogP contribution in [0.15, 0.2) is 24.3 Å². The van der Waals surface area contributed by atoms with Crippen molar-refractivity contribution in [1.29, 1.82) is 0 Å². The fraction of sp³-hybridized carbons (Fsp3) is 0.278. The molecule has 0 fully saturated rings. The second-order valence-electron chi connectivity index (χ2n) is 6.25. The molecule has 2 heterocycles. The number of anilines is 1. The lowest BCUT2D eigenvalue weighted by Crippen LogP contribution is -2.18. The number of halogens is 1. The third-order valence-corrected chi connectivity index (χ3v) is 5.20. The van der Waals surface area contributed by atoms with E-state index < -0.39 is 0 Å². The van der Waals surface area contributed by atoms with Crippen LogP contribution in [0.3, 0.4) is 0 Å². The third-order valence-electron chi connectivity index (χ3n) is 3.76. The summed E-state index contributed by atoms with van der Waals surface area (Å²) in [5.41, 5.74) is 4.31. The number of nitrogens with zero attached hydrogens (tertiary/aromatic N) is 1. The molecule has 0 saturated carbocycles. The predicted molar refractivity (Wildman–Crippen MR) is 102 cm³/mol. The molecule has 0 aliphatic carbocycles. The Morgan fingerprint density at radius 1 is 1.29 bits per heavy atom. The maximum Gasteiger partial charge on any atom is 0.272 e. The highest BCUT2D eigenvalue weighted by molar-refractivity contribution is 7.19. The Balaban J connectivity index is 1.99. The zero-order valence-electron chi connectivity index (χ0n) is 14.2. The fourth-order valence-corrected chi connectivity index (χ4v) is 3.91. The maximum atomic E-state index is 12.8. The minimum Gasteiger partial charge on any atom is -0.350 e. The molecule has 3 aromatic rings. The van der Waals surface area contributed by atoms with Gasteiger partial charge in [0.05, 0.1) is 20.9 Å². The van der Waals surface area contributed by atoms with Crippen LogP contribution in [0.25, 0.3) is 10.2 Å². The lowest BCUT2D eigenvalue weighted by molar-refractivity contribution is 0.102. The van der Waals surface area contributed by atoms with Crippen LogP contribution in [0.5, 0.6) is 0 Å². The molecule has 0 bridgehead atoms. The molecule has 6 heteroatoms. The molecule has 0 atom stereocenters. The molecule has 0 saturated heterocycles. The van der Waals surface area contributed by atoms with Gasteiger partial charge in [0, 0.05) is 17.0 Å². The van der Waals surface area contributed by atoms with Crippen LogP contribution in [-0.4, -0.2) is 29.9 Å². The smallest absolute Gasteiger partial charge is 0.272 e. The largest absolute Gasteiger partial charge is 0.350 e. The van der Waals surface area contributed by atoms with Crippen molar-refractivity contribution in [1.82, 2.24) is 9.88 Å². The van der Waals surface area contributed by atoms with Gasteiger partial charge in [0.25, 0.3) is 5.91 Å². The number of hydrogen-bond acceptors (Lipinski definition) is 3. The zero-order valence-corrected chi connectivity index (χ0v) is 15.7. The van der Waals surface area contributed by atoms with E-state index in [0.717, 1.165) is 21.3 Å². The average molecular weight is 362 g/mol. The highest BCUT2D eigenvalue weighted by Gasteiger charge is 2.20. The van der Waals surface area contributed by atoms with Crippen molar-refractivity contribution in [2.75, 3.05) is 19.4 Å². The van der Waals surface area contributed by atoms with Crippen molar-refractivity contribution >= 4 is 44.7 Å². The number of rotatable bonds is 4. The van der Waals surface area contributed by atoms with E-state index in [1.165, 1.54) is 4.88 Å². The number of thiophene rings is 1. The van der Waals surface area contributed by atoms with Crippen molar-refractivity contribution in [2.24, 2.45) is 0 Å². The van der Waals surface area contributed by atoms with Gasteiger partial charge in [-0.25, -0.2) is 0 Å². The number of H-pyrrole nitrogens is 1. The number of benzene rings is 1. The highest BCUT2D eigenvalue weighted by atomic mass is 35.5. The first-order chi connectivity index (χ1) is 11.3. The summed E-state index contributed by atoms with van der Waals surface area (Å²) in [4.78, 5) is 19.4. The predicted octanol–water partition coefficient (Wildman–Crippen LogP) is 4.81. The molecule has 0 aliphatic heterocycles. The van der Waals surface area contributed by atoms with E-state index in [1.54, 1.807) is 17.4 Å². The van der Waals surface area contributed by atoms with Gasteiger partial charge < -0.3 is 15.2 Å². The quantitative estimate of drug-likeness (QED) is 0.700. The molecule has 2 N–H and O–H groups in total. The van der Waals surface area contributed by atoms with Crippen LogP contribution in [0, 0.1) is 13.8 Å². The number of carbonyl (C=O) groups is 1. The van der Waals surface area contributed by atoms with Gasteiger partial charge in [-0.15, -0.1) is 11.3 Å². The van der Waals surface area contributed by atoms with E-state index in [0.29, 0.717) is 22.9 Å². The van der Waals surface area contributed by atoms with Gasteiger partial charge >= 0.3 is 0 Å². The Hall–Kier alpha value is -1.82. The van der Waals surface area contributed by atoms with E-state index in [2.05, 4.69) is 28.2 Å². The molecule has 4 nitrogen and oxygen atoms in total. The van der Waals surface area contributed by atoms with E-state index in [-0.39, 0.29) is 5.91 Å². The average Bonchev–Trinajstić information content (AvgIpc) is 3.00. The third kappa shape index (κ3) is 3.34. The molecule has 2 aromatic heterocycles. The number of aryl methyl sites for hydroxylation is 2. The Bertz CT molecular complexity index is 911. The first-order valence-electron chi connectivity index (χ1n) is 7.68. The Kier molecular flexibility index (Phi) is 4.67. The van der Waals surface area contributed by atoms with Crippen molar-refractivity contribution in [2.45, 2.75) is 20.4 Å². The van der Waals surface area contributed by atoms with Gasteiger partial charge in [-0.2, -0.15) is 0 Å². The van der Waals surface area contributed by atoms with Crippen molar-refractivity contribution in [3.05, 3.63) is 51.0 Å². The summed E-state index contributed by atoms with van der Waals surface area (Å²) in [5.74, 6) is -0.166. The first kappa shape index (κ1) is 17.0. The van der Waals surface area contributed by atoms with Crippen LogP contribution in [0.1, 0.15) is 26.5 Å². The SMILES string of the molecule is Cc1ccc(Cl)c(NC(=O)c2[nH]c3cc(C)sc3c2CN(C)C)c1. The topological polar surface area (TPSA) is 48.1 Å². The Labute approximate surface area is 150 Å². The number of amides is 1. The van der Waals surface area contributed by atoms with E-state index >= 15 is 0 Å². The number of carbonyl (C=O) groups excluding carboxylic acids is 1. The van der Waals surface area contributed by atoms with Gasteiger partial charge in [-0.1, -0.05) is 17.7 Å². The normalized spacial score (nSPS) is 11.4. The summed E-state index contributed by atoms with van der Waals surface area (Å²) in [6, 6.07) is 7.67. The first-order valence-corrected chi connectivity index (χ1v) is 8.88. The molecule has 0 aliphatic rings. The summed E-state index contributed by atoms with van der Waals surface area (Å²) in [6.07, 6.45) is 0. The lowest BCUT2D eigenvalue weighted by atomic mass is 10.2. The van der Waals surface area contributed by atoms with Gasteiger partial charge in [-0.3, -0.25) is 4.79 Å². The summed E-state index contributed by atoms with van der Waals surface area (Å²) >= 11 is 7.91. The minimum absolute atomic E-state index is 0.166. The van der Waals surface area contributed by atoms with Crippen molar-refractivity contribution in [3.8, 4) is 0 Å². The van der Waals surface area contributed by atoms with E-state index in [4.69, 9.17) is 11.6 Å². The summed E-state index contributed by atoms with van der Waals surface area (Å²) in [6.45, 7) is 4.74. The van der Waals surface area contributed by atoms with E-state index in [9.17, 15) is 4.79 Å². The molecule has 0 spiro atoms. The number of aromatic nitrogens is 1. The number of aromatic amines is 1. The fourth-order valence-electron chi connectivity index (χ4n) is 2.74. The van der Waals surface area contributed by atoms with Gasteiger partial charge in [-0.05, 0) is 51.7 Å². The summed E-state index contributed by atoms with van der Waals surface area (Å²) in [5, 5.41) is 3.46. The second kappa shape index (κ2) is 6.59. The van der Waals surface area contributed by atoms with Gasteiger partial charge in [0.15, 0.2) is 0 Å². The Morgan fingerprint density at radius 3 is 2.75 bits per heavy atom. The maximum absolute atomic E-state index is 12.8. The molecule has 0 unspecified atom stereocenters. The molecule has 3 rings (SSSR count). The zero-order chi connectivity index (χ0) is 17.4. The molecular weight excluding hydrogens is 342 g/mol. The van der Waals surface area contributed by atoms with Crippen LogP contribution < -0.4 is 5.32 Å². The molecule has 0 radical (unpaired) electrons. The molecule has 126 valence electrons. The van der Waals surface area contributed by atoms with Crippen LogP contribution in [-0.2, 0) is 6.54 Å². The lowest BCUT2D eigenvalue weighted by Gasteiger charge is -2.12. The van der Waals surface area contributed by atoms with Crippen molar-refractivity contribution in [3.63, 3.8) is 0 Å². The van der Waals surface area contributed by atoms with Crippen molar-refractivity contribution < 1.29 is 4.79 Å². The van der Waals surface area contributed by atoms with E-state index in [1.807, 2.05) is 33.2 Å². The van der Waals surface area contributed by atoms with Gasteiger partial charge in [0.1, 0.15) is 5.69 Å². The number of hydrogen-bond donors (Lipinski definition) is 2. The molecular formula is C18H20ClN3OS. The molecule has 1 aromatic carbocycles. The standard InChI is InChI=1S/C18H20ClN3OS/c1-10-5-6-13(19)14(7-10)21-18(23)16-12(9-22(3)4)17-15(20-16)8-11(2)24-17/h5-8,20H,9H2,1-4H3,(H,21,23). The minimum atomic E-state index is -0.166. The summed E-state index contributed by atoms with van der Waals surface area (Å²) < 4.78 is 1.14. The van der Waals surface area contributed by atoms with Crippen LogP contribution >= 0.6 is 22.9 Å². The monoisotopic (exact) mass is 361 g/mol. The summed E-state index contributed by atoms with van der Waals surface area (Å²) in [7, 11) is 4.00. The van der Waals surface area contributed by atoms with Crippen LogP contribution in [0.4, 0.5) is 5.69 Å². The number of nitrogens with one attached hydrogen (secondary N) is 2. The second-order valence-corrected chi connectivity index (χ2v) is 7.92. The molecule has 24 heavy (non-hydrogen) atoms. The Morgan fingerprint density at radius 2 is 2.04 bits per heavy atom. The highest BCUT2D eigenvalue weighted by Crippen LogP contribution is 2.32. The molecule has 1 amide bonds.